The van der Waals surface area contributed by atoms with E-state index in [4.69, 9.17) is 27.9 Å². The largest absolute Gasteiger partial charge is 0.444 e. The second kappa shape index (κ2) is 6.42. The van der Waals surface area contributed by atoms with Gasteiger partial charge >= 0.3 is 6.09 Å². The van der Waals surface area contributed by atoms with Crippen LogP contribution in [0.15, 0.2) is 18.2 Å². The molecule has 0 saturated carbocycles. The average molecular weight is 331 g/mol. The molecule has 1 heterocycles. The van der Waals surface area contributed by atoms with Crippen molar-refractivity contribution in [3.8, 4) is 0 Å². The maximum Gasteiger partial charge on any atom is 0.410 e. The van der Waals surface area contributed by atoms with Gasteiger partial charge in [-0.1, -0.05) is 29.3 Å². The molecule has 4 nitrogen and oxygen atoms in total. The number of hydrogen-bond acceptors (Lipinski definition) is 3. The summed E-state index contributed by atoms with van der Waals surface area (Å²) in [6.07, 6.45) is -0.305. The Morgan fingerprint density at radius 2 is 2.05 bits per heavy atom. The van der Waals surface area contributed by atoms with Gasteiger partial charge in [0.1, 0.15) is 5.60 Å². The Kier molecular flexibility index (Phi) is 5.02. The standard InChI is InChI=1S/C15H20Cl2N2O2/c1-15(2,3)21-14(20)19-7-6-18-9-13(19)10-4-5-11(16)12(17)8-10/h4-5,8,13,18H,6-7,9H2,1-3H3. The minimum atomic E-state index is -0.510. The van der Waals surface area contributed by atoms with Gasteiger partial charge in [-0.25, -0.2) is 4.79 Å². The van der Waals surface area contributed by atoms with E-state index in [1.54, 1.807) is 17.0 Å². The molecule has 1 aromatic rings. The quantitative estimate of drug-likeness (QED) is 0.849. The monoisotopic (exact) mass is 330 g/mol. The summed E-state index contributed by atoms with van der Waals surface area (Å²) < 4.78 is 5.48. The van der Waals surface area contributed by atoms with Crippen LogP contribution in [0.5, 0.6) is 0 Å². The summed E-state index contributed by atoms with van der Waals surface area (Å²) in [5, 5.41) is 4.29. The van der Waals surface area contributed by atoms with E-state index in [0.717, 1.165) is 12.1 Å². The third-order valence-electron chi connectivity index (χ3n) is 3.20. The summed E-state index contributed by atoms with van der Waals surface area (Å²) in [6.45, 7) is 7.60. The van der Waals surface area contributed by atoms with Gasteiger partial charge in [-0.2, -0.15) is 0 Å². The van der Waals surface area contributed by atoms with Crippen LogP contribution in [0.4, 0.5) is 4.79 Å². The van der Waals surface area contributed by atoms with Crippen LogP contribution in [0.25, 0.3) is 0 Å². The number of piperazine rings is 1. The zero-order valence-electron chi connectivity index (χ0n) is 12.5. The molecule has 2 rings (SSSR count). The van der Waals surface area contributed by atoms with Gasteiger partial charge in [0.05, 0.1) is 16.1 Å². The van der Waals surface area contributed by atoms with Gasteiger partial charge < -0.3 is 10.1 Å². The Hall–Kier alpha value is -0.970. The Labute approximate surface area is 135 Å². The fourth-order valence-corrected chi connectivity index (χ4v) is 2.57. The van der Waals surface area contributed by atoms with Gasteiger partial charge in [0, 0.05) is 19.6 Å². The molecule has 1 fully saturated rings. The number of carbonyl (C=O) groups is 1. The van der Waals surface area contributed by atoms with E-state index >= 15 is 0 Å². The van der Waals surface area contributed by atoms with Crippen molar-refractivity contribution < 1.29 is 9.53 Å². The van der Waals surface area contributed by atoms with Gasteiger partial charge in [-0.05, 0) is 38.5 Å². The van der Waals surface area contributed by atoms with Crippen molar-refractivity contribution >= 4 is 29.3 Å². The van der Waals surface area contributed by atoms with Gasteiger partial charge in [-0.3, -0.25) is 4.90 Å². The van der Waals surface area contributed by atoms with Crippen molar-refractivity contribution in [2.75, 3.05) is 19.6 Å². The zero-order valence-corrected chi connectivity index (χ0v) is 14.0. The molecule has 1 unspecified atom stereocenters. The molecule has 0 aliphatic carbocycles. The van der Waals surface area contributed by atoms with Crippen LogP contribution < -0.4 is 5.32 Å². The lowest BCUT2D eigenvalue weighted by Crippen LogP contribution is -2.50. The molecular weight excluding hydrogens is 311 g/mol. The molecule has 1 aliphatic heterocycles. The van der Waals surface area contributed by atoms with Crippen molar-refractivity contribution in [1.29, 1.82) is 0 Å². The van der Waals surface area contributed by atoms with E-state index in [9.17, 15) is 4.79 Å². The summed E-state index contributed by atoms with van der Waals surface area (Å²) in [4.78, 5) is 14.1. The normalized spacial score (nSPS) is 19.5. The molecule has 1 N–H and O–H groups in total. The predicted octanol–water partition coefficient (Wildman–Crippen LogP) is 3.87. The van der Waals surface area contributed by atoms with Gasteiger partial charge in [0.15, 0.2) is 0 Å². The second-order valence-electron chi connectivity index (χ2n) is 6.07. The van der Waals surface area contributed by atoms with E-state index in [0.29, 0.717) is 23.1 Å². The first-order valence-corrected chi connectivity index (χ1v) is 7.69. The van der Waals surface area contributed by atoms with E-state index in [2.05, 4.69) is 5.32 Å². The van der Waals surface area contributed by atoms with Gasteiger partial charge in [-0.15, -0.1) is 0 Å². The number of amides is 1. The lowest BCUT2D eigenvalue weighted by atomic mass is 10.0. The Bertz CT molecular complexity index is 529. The highest BCUT2D eigenvalue weighted by Crippen LogP contribution is 2.30. The molecule has 0 spiro atoms. The highest BCUT2D eigenvalue weighted by atomic mass is 35.5. The minimum Gasteiger partial charge on any atom is -0.444 e. The Morgan fingerprint density at radius 3 is 2.67 bits per heavy atom. The molecule has 0 bridgehead atoms. The molecule has 1 amide bonds. The van der Waals surface area contributed by atoms with Crippen LogP contribution in [0.3, 0.4) is 0 Å². The molecule has 0 radical (unpaired) electrons. The van der Waals surface area contributed by atoms with E-state index < -0.39 is 5.60 Å². The van der Waals surface area contributed by atoms with Crippen LogP contribution in [0.1, 0.15) is 32.4 Å². The van der Waals surface area contributed by atoms with Crippen molar-refractivity contribution in [3.63, 3.8) is 0 Å². The number of rotatable bonds is 1. The van der Waals surface area contributed by atoms with E-state index in [-0.39, 0.29) is 12.1 Å². The maximum atomic E-state index is 12.4. The first-order chi connectivity index (χ1) is 9.78. The summed E-state index contributed by atoms with van der Waals surface area (Å²) in [5.74, 6) is 0. The molecule has 1 atom stereocenters. The highest BCUT2D eigenvalue weighted by molar-refractivity contribution is 6.42. The fraction of sp³-hybridized carbons (Fsp3) is 0.533. The number of hydrogen-bond donors (Lipinski definition) is 1. The van der Waals surface area contributed by atoms with Crippen LogP contribution >= 0.6 is 23.2 Å². The number of nitrogens with one attached hydrogen (secondary N) is 1. The number of nitrogens with zero attached hydrogens (tertiary/aromatic N) is 1. The van der Waals surface area contributed by atoms with Crippen molar-refractivity contribution in [1.82, 2.24) is 10.2 Å². The summed E-state index contributed by atoms with van der Waals surface area (Å²) in [5.41, 5.74) is 0.437. The molecule has 1 aliphatic rings. The zero-order chi connectivity index (χ0) is 15.6. The van der Waals surface area contributed by atoms with Gasteiger partial charge in [0.2, 0.25) is 0 Å². The third kappa shape index (κ3) is 4.25. The fourth-order valence-electron chi connectivity index (χ4n) is 2.26. The summed E-state index contributed by atoms with van der Waals surface area (Å²) >= 11 is 12.0. The number of ether oxygens (including phenoxy) is 1. The van der Waals surface area contributed by atoms with Crippen molar-refractivity contribution in [2.24, 2.45) is 0 Å². The lowest BCUT2D eigenvalue weighted by molar-refractivity contribution is 0.0118. The second-order valence-corrected chi connectivity index (χ2v) is 6.88. The molecule has 0 aromatic heterocycles. The summed E-state index contributed by atoms with van der Waals surface area (Å²) in [6, 6.07) is 5.34. The molecule has 6 heteroatoms. The lowest BCUT2D eigenvalue weighted by Gasteiger charge is -2.37. The topological polar surface area (TPSA) is 41.6 Å². The van der Waals surface area contributed by atoms with E-state index in [1.807, 2.05) is 26.8 Å². The molecule has 1 saturated heterocycles. The van der Waals surface area contributed by atoms with Crippen LogP contribution in [0, 0.1) is 0 Å². The minimum absolute atomic E-state index is 0.108. The molecule has 116 valence electrons. The van der Waals surface area contributed by atoms with Crippen LogP contribution in [0.2, 0.25) is 10.0 Å². The first-order valence-electron chi connectivity index (χ1n) is 6.93. The van der Waals surface area contributed by atoms with Gasteiger partial charge in [0.25, 0.3) is 0 Å². The molecular formula is C15H20Cl2N2O2. The average Bonchev–Trinajstić information content (AvgIpc) is 2.40. The molecule has 1 aromatic carbocycles. The van der Waals surface area contributed by atoms with Crippen molar-refractivity contribution in [3.05, 3.63) is 33.8 Å². The predicted molar refractivity (Wildman–Crippen MR) is 85.0 cm³/mol. The Morgan fingerprint density at radius 1 is 1.33 bits per heavy atom. The first kappa shape index (κ1) is 16.4. The number of benzene rings is 1. The van der Waals surface area contributed by atoms with Crippen LogP contribution in [-0.4, -0.2) is 36.2 Å². The Balaban J connectivity index is 2.22. The highest BCUT2D eigenvalue weighted by Gasteiger charge is 2.31. The summed E-state index contributed by atoms with van der Waals surface area (Å²) in [7, 11) is 0. The number of halogens is 2. The number of carbonyl (C=O) groups excluding carboxylic acids is 1. The molecule has 21 heavy (non-hydrogen) atoms. The van der Waals surface area contributed by atoms with Crippen LogP contribution in [-0.2, 0) is 4.74 Å². The van der Waals surface area contributed by atoms with Crippen molar-refractivity contribution in [2.45, 2.75) is 32.4 Å². The SMILES string of the molecule is CC(C)(C)OC(=O)N1CCNCC1c1ccc(Cl)c(Cl)c1. The maximum absolute atomic E-state index is 12.4. The smallest absolute Gasteiger partial charge is 0.410 e. The van der Waals surface area contributed by atoms with E-state index in [1.165, 1.54) is 0 Å². The third-order valence-corrected chi connectivity index (χ3v) is 3.94.